The molecule has 1 amide bonds. The van der Waals surface area contributed by atoms with Gasteiger partial charge >= 0.3 is 5.63 Å². The van der Waals surface area contributed by atoms with E-state index in [9.17, 15) is 9.59 Å². The fraction of sp³-hybridized carbons (Fsp3) is 0.190. The number of nitrogens with one attached hydrogen (secondary N) is 1. The number of nitrogens with zero attached hydrogens (tertiary/aromatic N) is 1. The zero-order valence-corrected chi connectivity index (χ0v) is 14.8. The fourth-order valence-corrected chi connectivity index (χ4v) is 2.79. The van der Waals surface area contributed by atoms with Crippen LogP contribution in [0.1, 0.15) is 24.5 Å². The molecule has 6 heteroatoms. The molecule has 0 radical (unpaired) electrons. The number of rotatable bonds is 6. The van der Waals surface area contributed by atoms with E-state index in [2.05, 4.69) is 5.32 Å². The molecule has 3 rings (SSSR count). The maximum atomic E-state index is 12.0. The van der Waals surface area contributed by atoms with Crippen molar-refractivity contribution in [2.24, 2.45) is 0 Å². The van der Waals surface area contributed by atoms with Crippen molar-refractivity contribution in [2.45, 2.75) is 19.8 Å². The smallest absolute Gasteiger partial charge is 0.336 e. The van der Waals surface area contributed by atoms with E-state index < -0.39 is 5.63 Å². The van der Waals surface area contributed by atoms with E-state index in [1.54, 1.807) is 36.4 Å². The highest BCUT2D eigenvalue weighted by Gasteiger charge is 2.09. The number of hydrogen-bond acceptors (Lipinski definition) is 5. The highest BCUT2D eigenvalue weighted by Crippen LogP contribution is 2.23. The lowest BCUT2D eigenvalue weighted by Crippen LogP contribution is -2.20. The third-order valence-electron chi connectivity index (χ3n) is 3.97. The molecule has 1 heterocycles. The van der Waals surface area contributed by atoms with Crippen molar-refractivity contribution < 1.29 is 13.9 Å². The molecule has 3 aromatic rings. The number of anilines is 1. The van der Waals surface area contributed by atoms with E-state index in [-0.39, 0.29) is 12.5 Å². The van der Waals surface area contributed by atoms with Crippen LogP contribution in [0.15, 0.2) is 57.7 Å². The van der Waals surface area contributed by atoms with Gasteiger partial charge in [-0.3, -0.25) is 4.79 Å². The van der Waals surface area contributed by atoms with Gasteiger partial charge in [0.05, 0.1) is 11.6 Å². The number of carbonyl (C=O) groups is 1. The first kappa shape index (κ1) is 18.2. The number of carbonyl (C=O) groups excluding carboxylic acids is 1. The van der Waals surface area contributed by atoms with Crippen LogP contribution in [-0.4, -0.2) is 12.5 Å². The molecular weight excluding hydrogens is 344 g/mol. The van der Waals surface area contributed by atoms with Crippen molar-refractivity contribution in [3.63, 3.8) is 0 Å². The standard InChI is InChI=1S/C21H18N2O4/c1-2-4-15-10-21(25)27-19-11-17(7-8-18(15)19)26-13-20(24)23-16-6-3-5-14(9-16)12-22/h3,5-11H,2,4,13H2,1H3,(H,23,24). The Kier molecular flexibility index (Phi) is 5.53. The number of nitriles is 1. The van der Waals surface area contributed by atoms with E-state index in [0.717, 1.165) is 23.8 Å². The van der Waals surface area contributed by atoms with E-state index in [1.165, 1.54) is 6.07 Å². The minimum Gasteiger partial charge on any atom is -0.484 e. The van der Waals surface area contributed by atoms with Crippen molar-refractivity contribution in [3.05, 3.63) is 70.1 Å². The molecule has 136 valence electrons. The lowest BCUT2D eigenvalue weighted by atomic mass is 10.1. The topological polar surface area (TPSA) is 92.3 Å². The van der Waals surface area contributed by atoms with E-state index in [1.807, 2.05) is 19.1 Å². The SMILES string of the molecule is CCCc1cc(=O)oc2cc(OCC(=O)Nc3cccc(C#N)c3)ccc12. The predicted molar refractivity (Wildman–Crippen MR) is 102 cm³/mol. The number of benzene rings is 2. The lowest BCUT2D eigenvalue weighted by Gasteiger charge is -2.09. The van der Waals surface area contributed by atoms with Crippen LogP contribution in [0.3, 0.4) is 0 Å². The molecule has 0 bridgehead atoms. The van der Waals surface area contributed by atoms with Crippen molar-refractivity contribution in [3.8, 4) is 11.8 Å². The van der Waals surface area contributed by atoms with E-state index >= 15 is 0 Å². The maximum absolute atomic E-state index is 12.0. The Balaban J connectivity index is 1.70. The van der Waals surface area contributed by atoms with Crippen LogP contribution >= 0.6 is 0 Å². The highest BCUT2D eigenvalue weighted by molar-refractivity contribution is 5.92. The summed E-state index contributed by atoms with van der Waals surface area (Å²) in [6.07, 6.45) is 1.70. The first-order valence-electron chi connectivity index (χ1n) is 8.58. The fourth-order valence-electron chi connectivity index (χ4n) is 2.79. The first-order valence-corrected chi connectivity index (χ1v) is 8.58. The van der Waals surface area contributed by atoms with Gasteiger partial charge in [-0.05, 0) is 42.3 Å². The Morgan fingerprint density at radius 3 is 2.85 bits per heavy atom. The minimum absolute atomic E-state index is 0.207. The number of ether oxygens (including phenoxy) is 1. The summed E-state index contributed by atoms with van der Waals surface area (Å²) in [6, 6.07) is 15.3. The van der Waals surface area contributed by atoms with E-state index in [4.69, 9.17) is 14.4 Å². The average Bonchev–Trinajstić information content (AvgIpc) is 2.66. The second-order valence-corrected chi connectivity index (χ2v) is 6.03. The lowest BCUT2D eigenvalue weighted by molar-refractivity contribution is -0.118. The molecule has 27 heavy (non-hydrogen) atoms. The molecule has 0 aliphatic heterocycles. The van der Waals surface area contributed by atoms with Gasteiger partial charge in [-0.1, -0.05) is 19.4 Å². The number of amides is 1. The molecule has 2 aromatic carbocycles. The van der Waals surface area contributed by atoms with Crippen molar-refractivity contribution in [2.75, 3.05) is 11.9 Å². The molecular formula is C21H18N2O4. The molecule has 0 atom stereocenters. The molecule has 1 aromatic heterocycles. The molecule has 0 aliphatic rings. The summed E-state index contributed by atoms with van der Waals surface area (Å²) in [5.41, 5.74) is 1.95. The Labute approximate surface area is 156 Å². The minimum atomic E-state index is -0.404. The zero-order chi connectivity index (χ0) is 19.2. The third kappa shape index (κ3) is 4.53. The van der Waals surface area contributed by atoms with Gasteiger partial charge in [0.1, 0.15) is 11.3 Å². The zero-order valence-electron chi connectivity index (χ0n) is 14.8. The predicted octanol–water partition coefficient (Wildman–Crippen LogP) is 3.63. The molecule has 0 fully saturated rings. The number of hydrogen-bond donors (Lipinski definition) is 1. The Hall–Kier alpha value is -3.59. The highest BCUT2D eigenvalue weighted by atomic mass is 16.5. The van der Waals surface area contributed by atoms with Crippen LogP contribution in [0.25, 0.3) is 11.0 Å². The summed E-state index contributed by atoms with van der Waals surface area (Å²) in [7, 11) is 0. The molecule has 0 spiro atoms. The largest absolute Gasteiger partial charge is 0.484 e. The van der Waals surface area contributed by atoms with Crippen LogP contribution in [0.5, 0.6) is 5.75 Å². The summed E-state index contributed by atoms with van der Waals surface area (Å²) in [4.78, 5) is 23.8. The van der Waals surface area contributed by atoms with Crippen LogP contribution in [0, 0.1) is 11.3 Å². The van der Waals surface area contributed by atoms with Gasteiger partial charge in [0, 0.05) is 23.2 Å². The average molecular weight is 362 g/mol. The summed E-state index contributed by atoms with van der Waals surface area (Å²) in [5, 5.41) is 12.4. The van der Waals surface area contributed by atoms with Crippen LogP contribution in [-0.2, 0) is 11.2 Å². The van der Waals surface area contributed by atoms with Crippen LogP contribution in [0.4, 0.5) is 5.69 Å². The Morgan fingerprint density at radius 1 is 1.22 bits per heavy atom. The van der Waals surface area contributed by atoms with Gasteiger partial charge in [-0.15, -0.1) is 0 Å². The molecule has 0 unspecified atom stereocenters. The summed E-state index contributed by atoms with van der Waals surface area (Å²) in [6.45, 7) is 1.84. The summed E-state index contributed by atoms with van der Waals surface area (Å²) in [5.74, 6) is 0.0756. The van der Waals surface area contributed by atoms with Gasteiger partial charge in [0.25, 0.3) is 5.91 Å². The van der Waals surface area contributed by atoms with Crippen LogP contribution in [0.2, 0.25) is 0 Å². The quantitative estimate of drug-likeness (QED) is 0.676. The van der Waals surface area contributed by atoms with Crippen molar-refractivity contribution in [1.29, 1.82) is 5.26 Å². The normalized spacial score (nSPS) is 10.4. The monoisotopic (exact) mass is 362 g/mol. The Morgan fingerprint density at radius 2 is 2.07 bits per heavy atom. The second-order valence-electron chi connectivity index (χ2n) is 6.03. The molecule has 6 nitrogen and oxygen atoms in total. The Bertz CT molecular complexity index is 1080. The maximum Gasteiger partial charge on any atom is 0.336 e. The molecule has 0 saturated carbocycles. The molecule has 0 aliphatic carbocycles. The van der Waals surface area contributed by atoms with Crippen molar-refractivity contribution >= 4 is 22.6 Å². The summed E-state index contributed by atoms with van der Waals surface area (Å²) >= 11 is 0. The van der Waals surface area contributed by atoms with E-state index in [0.29, 0.717) is 22.6 Å². The first-order chi connectivity index (χ1) is 13.1. The van der Waals surface area contributed by atoms with Crippen molar-refractivity contribution in [1.82, 2.24) is 0 Å². The van der Waals surface area contributed by atoms with Gasteiger partial charge in [-0.2, -0.15) is 5.26 Å². The second kappa shape index (κ2) is 8.19. The number of aryl methyl sites for hydroxylation is 1. The molecule has 1 N–H and O–H groups in total. The molecule has 0 saturated heterocycles. The third-order valence-corrected chi connectivity index (χ3v) is 3.97. The van der Waals surface area contributed by atoms with Crippen LogP contribution < -0.4 is 15.7 Å². The number of fused-ring (bicyclic) bond motifs is 1. The summed E-state index contributed by atoms with van der Waals surface area (Å²) < 4.78 is 10.8. The van der Waals surface area contributed by atoms with Gasteiger partial charge in [0.2, 0.25) is 0 Å². The van der Waals surface area contributed by atoms with Gasteiger partial charge in [-0.25, -0.2) is 4.79 Å². The van der Waals surface area contributed by atoms with Gasteiger partial charge < -0.3 is 14.5 Å². The van der Waals surface area contributed by atoms with Gasteiger partial charge in [0.15, 0.2) is 6.61 Å².